The van der Waals surface area contributed by atoms with Crippen molar-refractivity contribution in [1.82, 2.24) is 9.21 Å². The molecule has 0 unspecified atom stereocenters. The van der Waals surface area contributed by atoms with Crippen molar-refractivity contribution < 1.29 is 8.42 Å². The molecule has 0 N–H and O–H groups in total. The van der Waals surface area contributed by atoms with Crippen molar-refractivity contribution in [2.45, 2.75) is 23.8 Å². The van der Waals surface area contributed by atoms with Gasteiger partial charge in [-0.05, 0) is 61.1 Å². The molecular formula is C13H18Br2N2O2S. The zero-order valence-corrected chi connectivity index (χ0v) is 15.5. The van der Waals surface area contributed by atoms with Crippen LogP contribution in [-0.2, 0) is 10.0 Å². The van der Waals surface area contributed by atoms with Gasteiger partial charge in [0.25, 0.3) is 0 Å². The number of halogens is 2. The summed E-state index contributed by atoms with van der Waals surface area (Å²) >= 11 is 6.68. The number of benzene rings is 1. The molecule has 1 aliphatic heterocycles. The van der Waals surface area contributed by atoms with Crippen LogP contribution in [0.1, 0.15) is 12.8 Å². The van der Waals surface area contributed by atoms with Crippen LogP contribution in [0.5, 0.6) is 0 Å². The van der Waals surface area contributed by atoms with Gasteiger partial charge >= 0.3 is 0 Å². The van der Waals surface area contributed by atoms with Gasteiger partial charge in [-0.25, -0.2) is 8.42 Å². The molecule has 0 aromatic heterocycles. The Morgan fingerprint density at radius 1 is 1.20 bits per heavy atom. The fraction of sp³-hybridized carbons (Fsp3) is 0.538. The molecule has 0 saturated carbocycles. The summed E-state index contributed by atoms with van der Waals surface area (Å²) in [5.41, 5.74) is 0. The lowest BCUT2D eigenvalue weighted by Crippen LogP contribution is -2.44. The number of piperidine rings is 1. The van der Waals surface area contributed by atoms with Crippen LogP contribution in [0.2, 0.25) is 0 Å². The van der Waals surface area contributed by atoms with Gasteiger partial charge < -0.3 is 4.90 Å². The van der Waals surface area contributed by atoms with Gasteiger partial charge in [0.15, 0.2) is 0 Å². The molecule has 1 aliphatic rings. The highest BCUT2D eigenvalue weighted by Crippen LogP contribution is 2.29. The number of sulfonamides is 1. The van der Waals surface area contributed by atoms with E-state index in [1.54, 1.807) is 22.5 Å². The second kappa shape index (κ2) is 6.44. The molecule has 4 nitrogen and oxygen atoms in total. The molecule has 1 aromatic rings. The molecule has 20 heavy (non-hydrogen) atoms. The van der Waals surface area contributed by atoms with Crippen LogP contribution in [0.25, 0.3) is 0 Å². The first-order valence-corrected chi connectivity index (χ1v) is 9.46. The van der Waals surface area contributed by atoms with E-state index in [2.05, 4.69) is 36.8 Å². The fourth-order valence-electron chi connectivity index (χ4n) is 2.42. The Kier molecular flexibility index (Phi) is 5.29. The van der Waals surface area contributed by atoms with Gasteiger partial charge in [-0.2, -0.15) is 4.31 Å². The molecule has 1 aromatic carbocycles. The van der Waals surface area contributed by atoms with Crippen molar-refractivity contribution in [3.8, 4) is 0 Å². The lowest BCUT2D eigenvalue weighted by Gasteiger charge is -2.34. The minimum atomic E-state index is -3.41. The number of hydrogen-bond donors (Lipinski definition) is 0. The highest BCUT2D eigenvalue weighted by atomic mass is 79.9. The summed E-state index contributed by atoms with van der Waals surface area (Å²) in [4.78, 5) is 2.50. The maximum atomic E-state index is 12.7. The smallest absolute Gasteiger partial charge is 0.244 e. The van der Waals surface area contributed by atoms with Gasteiger partial charge in [-0.1, -0.05) is 15.9 Å². The largest absolute Gasteiger partial charge is 0.306 e. The maximum Gasteiger partial charge on any atom is 0.244 e. The second-order valence-electron chi connectivity index (χ2n) is 5.17. The average Bonchev–Trinajstić information content (AvgIpc) is 2.38. The molecule has 112 valence electrons. The monoisotopic (exact) mass is 424 g/mol. The molecule has 0 aliphatic carbocycles. The Balaban J connectivity index is 2.20. The van der Waals surface area contributed by atoms with Crippen molar-refractivity contribution in [3.63, 3.8) is 0 Å². The van der Waals surface area contributed by atoms with Crippen molar-refractivity contribution in [3.05, 3.63) is 27.1 Å². The molecule has 0 spiro atoms. The van der Waals surface area contributed by atoms with E-state index in [-0.39, 0.29) is 0 Å². The van der Waals surface area contributed by atoms with Crippen LogP contribution in [0.15, 0.2) is 32.0 Å². The second-order valence-corrected chi connectivity index (χ2v) is 8.85. The molecular weight excluding hydrogens is 408 g/mol. The fourth-order valence-corrected chi connectivity index (χ4v) is 5.60. The lowest BCUT2D eigenvalue weighted by atomic mass is 10.1. The summed E-state index contributed by atoms with van der Waals surface area (Å²) in [7, 11) is 0.672. The third kappa shape index (κ3) is 3.44. The maximum absolute atomic E-state index is 12.7. The van der Waals surface area contributed by atoms with E-state index in [0.29, 0.717) is 28.5 Å². The Labute approximate surface area is 137 Å². The summed E-state index contributed by atoms with van der Waals surface area (Å²) in [5, 5.41) is 0. The highest BCUT2D eigenvalue weighted by molar-refractivity contribution is 9.11. The van der Waals surface area contributed by atoms with Gasteiger partial charge in [0.1, 0.15) is 0 Å². The van der Waals surface area contributed by atoms with Crippen LogP contribution in [0, 0.1) is 0 Å². The van der Waals surface area contributed by atoms with Gasteiger partial charge in [-0.15, -0.1) is 0 Å². The van der Waals surface area contributed by atoms with E-state index >= 15 is 0 Å². The summed E-state index contributed by atoms with van der Waals surface area (Å²) in [6, 6.07) is 5.63. The molecule has 2 rings (SSSR count). The molecule has 0 amide bonds. The van der Waals surface area contributed by atoms with Gasteiger partial charge in [0.05, 0.1) is 4.90 Å². The molecule has 1 fully saturated rings. The first kappa shape index (κ1) is 16.4. The standard InChI is InChI=1S/C13H18Br2N2O2S/c1-16(2)11-5-7-17(8-6-11)20(18,19)13-4-3-10(14)9-12(13)15/h3-4,9,11H,5-8H2,1-2H3. The van der Waals surface area contributed by atoms with Crippen LogP contribution in [0.3, 0.4) is 0 Å². The third-order valence-electron chi connectivity index (χ3n) is 3.67. The van der Waals surface area contributed by atoms with E-state index < -0.39 is 10.0 Å². The van der Waals surface area contributed by atoms with Gasteiger partial charge in [0.2, 0.25) is 10.0 Å². The number of hydrogen-bond acceptors (Lipinski definition) is 3. The van der Waals surface area contributed by atoms with Crippen LogP contribution < -0.4 is 0 Å². The van der Waals surface area contributed by atoms with E-state index in [1.165, 1.54) is 0 Å². The molecule has 1 saturated heterocycles. The third-order valence-corrected chi connectivity index (χ3v) is 7.03. The minimum Gasteiger partial charge on any atom is -0.306 e. The number of rotatable bonds is 3. The SMILES string of the molecule is CN(C)C1CCN(S(=O)(=O)c2ccc(Br)cc2Br)CC1. The van der Waals surface area contributed by atoms with Crippen molar-refractivity contribution in [2.24, 2.45) is 0 Å². The van der Waals surface area contributed by atoms with E-state index in [0.717, 1.165) is 17.3 Å². The Hall–Kier alpha value is 0.0500. The average molecular weight is 426 g/mol. The zero-order valence-electron chi connectivity index (χ0n) is 11.5. The topological polar surface area (TPSA) is 40.6 Å². The van der Waals surface area contributed by atoms with Crippen molar-refractivity contribution in [2.75, 3.05) is 27.2 Å². The molecule has 1 heterocycles. The first-order chi connectivity index (χ1) is 9.32. The van der Waals surface area contributed by atoms with E-state index in [4.69, 9.17) is 0 Å². The van der Waals surface area contributed by atoms with E-state index in [1.807, 2.05) is 14.1 Å². The summed E-state index contributed by atoms with van der Waals surface area (Å²) in [6.45, 7) is 1.15. The summed E-state index contributed by atoms with van der Waals surface area (Å²) < 4.78 is 28.4. The first-order valence-electron chi connectivity index (χ1n) is 6.44. The Morgan fingerprint density at radius 3 is 2.30 bits per heavy atom. The predicted octanol–water partition coefficient (Wildman–Crippen LogP) is 2.93. The Morgan fingerprint density at radius 2 is 1.80 bits per heavy atom. The van der Waals surface area contributed by atoms with Crippen LogP contribution >= 0.6 is 31.9 Å². The highest BCUT2D eigenvalue weighted by Gasteiger charge is 2.31. The lowest BCUT2D eigenvalue weighted by molar-refractivity contribution is 0.196. The van der Waals surface area contributed by atoms with Crippen LogP contribution in [0.4, 0.5) is 0 Å². The minimum absolute atomic E-state index is 0.337. The molecule has 7 heteroatoms. The zero-order chi connectivity index (χ0) is 14.9. The number of nitrogens with zero attached hydrogens (tertiary/aromatic N) is 2. The van der Waals surface area contributed by atoms with Crippen LogP contribution in [-0.4, -0.2) is 50.8 Å². The van der Waals surface area contributed by atoms with E-state index in [9.17, 15) is 8.42 Å². The van der Waals surface area contributed by atoms with Crippen molar-refractivity contribution in [1.29, 1.82) is 0 Å². The Bertz CT molecular complexity index is 582. The predicted molar refractivity (Wildman–Crippen MR) is 87.3 cm³/mol. The van der Waals surface area contributed by atoms with Gasteiger partial charge in [-0.3, -0.25) is 0 Å². The van der Waals surface area contributed by atoms with Gasteiger partial charge in [0, 0.05) is 28.1 Å². The molecule has 0 bridgehead atoms. The molecule has 0 atom stereocenters. The van der Waals surface area contributed by atoms with Crippen molar-refractivity contribution >= 4 is 41.9 Å². The molecule has 0 radical (unpaired) electrons. The quantitative estimate of drug-likeness (QED) is 0.747. The summed E-state index contributed by atoms with van der Waals surface area (Å²) in [5.74, 6) is 0. The normalized spacial score (nSPS) is 18.6. The summed E-state index contributed by atoms with van der Waals surface area (Å²) in [6.07, 6.45) is 1.75.